The first-order valence-electron chi connectivity index (χ1n) is 10.6. The summed E-state index contributed by atoms with van der Waals surface area (Å²) in [6, 6.07) is 11.5. The van der Waals surface area contributed by atoms with Gasteiger partial charge in [-0.05, 0) is 61.4 Å². The first-order valence-corrected chi connectivity index (χ1v) is 10.6. The van der Waals surface area contributed by atoms with E-state index in [9.17, 15) is 9.59 Å². The summed E-state index contributed by atoms with van der Waals surface area (Å²) >= 11 is 0. The van der Waals surface area contributed by atoms with E-state index in [0.717, 1.165) is 29.9 Å². The second-order valence-corrected chi connectivity index (χ2v) is 8.10. The molecule has 1 saturated heterocycles. The summed E-state index contributed by atoms with van der Waals surface area (Å²) in [4.78, 5) is 27.0. The van der Waals surface area contributed by atoms with E-state index in [1.54, 1.807) is 24.3 Å². The van der Waals surface area contributed by atoms with Crippen molar-refractivity contribution in [3.05, 3.63) is 54.0 Å². The summed E-state index contributed by atoms with van der Waals surface area (Å²) in [7, 11) is 1.65. The van der Waals surface area contributed by atoms with Crippen LogP contribution in [-0.2, 0) is 11.3 Å². The highest BCUT2D eigenvalue weighted by Gasteiger charge is 2.35. The van der Waals surface area contributed by atoms with Crippen LogP contribution in [0.1, 0.15) is 43.0 Å². The summed E-state index contributed by atoms with van der Waals surface area (Å²) in [5.74, 6) is 2.09. The van der Waals surface area contributed by atoms with Crippen molar-refractivity contribution in [1.82, 2.24) is 15.5 Å². The SMILES string of the molecule is COc1ccc([C@H](NC(=O)C2CCN(C(=O)NCc3ccco3)CC2)C2CC2)cc1. The van der Waals surface area contributed by atoms with E-state index in [4.69, 9.17) is 9.15 Å². The molecular formula is C23H29N3O4. The zero-order valence-electron chi connectivity index (χ0n) is 17.3. The Hall–Kier alpha value is -2.96. The monoisotopic (exact) mass is 411 g/mol. The third-order valence-corrected chi connectivity index (χ3v) is 6.01. The number of furan rings is 1. The van der Waals surface area contributed by atoms with Crippen molar-refractivity contribution in [1.29, 1.82) is 0 Å². The molecular weight excluding hydrogens is 382 g/mol. The Labute approximate surface area is 176 Å². The normalized spacial score (nSPS) is 18.0. The lowest BCUT2D eigenvalue weighted by Gasteiger charge is -2.32. The van der Waals surface area contributed by atoms with Crippen molar-refractivity contribution >= 4 is 11.9 Å². The molecule has 0 unspecified atom stereocenters. The molecule has 2 fully saturated rings. The molecule has 3 amide bonds. The minimum atomic E-state index is -0.112. The van der Waals surface area contributed by atoms with Crippen LogP contribution in [0.2, 0.25) is 0 Å². The minimum absolute atomic E-state index is 0.0537. The molecule has 2 aliphatic rings. The fraction of sp³-hybridized carbons (Fsp3) is 0.478. The summed E-state index contributed by atoms with van der Waals surface area (Å²) in [5.41, 5.74) is 1.13. The summed E-state index contributed by atoms with van der Waals surface area (Å²) in [6.45, 7) is 1.54. The zero-order valence-corrected chi connectivity index (χ0v) is 17.3. The van der Waals surface area contributed by atoms with E-state index in [-0.39, 0.29) is 23.9 Å². The molecule has 2 heterocycles. The molecule has 7 nitrogen and oxygen atoms in total. The number of ether oxygens (including phenoxy) is 1. The highest BCUT2D eigenvalue weighted by atomic mass is 16.5. The van der Waals surface area contributed by atoms with Gasteiger partial charge in [0.1, 0.15) is 11.5 Å². The molecule has 30 heavy (non-hydrogen) atoms. The molecule has 1 aromatic heterocycles. The van der Waals surface area contributed by atoms with E-state index >= 15 is 0 Å². The number of hydrogen-bond donors (Lipinski definition) is 2. The Morgan fingerprint density at radius 2 is 1.87 bits per heavy atom. The van der Waals surface area contributed by atoms with Gasteiger partial charge in [0.25, 0.3) is 0 Å². The molecule has 2 N–H and O–H groups in total. The molecule has 1 aliphatic heterocycles. The molecule has 160 valence electrons. The van der Waals surface area contributed by atoms with Crippen molar-refractivity contribution in [2.24, 2.45) is 11.8 Å². The van der Waals surface area contributed by atoms with Gasteiger partial charge in [0.2, 0.25) is 5.91 Å². The zero-order chi connectivity index (χ0) is 20.9. The van der Waals surface area contributed by atoms with Crippen molar-refractivity contribution in [2.45, 2.75) is 38.3 Å². The van der Waals surface area contributed by atoms with E-state index in [0.29, 0.717) is 38.4 Å². The van der Waals surface area contributed by atoms with Gasteiger partial charge >= 0.3 is 6.03 Å². The van der Waals surface area contributed by atoms with Crippen molar-refractivity contribution in [3.8, 4) is 5.75 Å². The summed E-state index contributed by atoms with van der Waals surface area (Å²) in [6.07, 6.45) is 5.24. The summed E-state index contributed by atoms with van der Waals surface area (Å²) in [5, 5.41) is 6.15. The third kappa shape index (κ3) is 4.96. The van der Waals surface area contributed by atoms with Crippen LogP contribution < -0.4 is 15.4 Å². The van der Waals surface area contributed by atoms with Crippen molar-refractivity contribution in [3.63, 3.8) is 0 Å². The number of piperidine rings is 1. The highest BCUT2D eigenvalue weighted by Crippen LogP contribution is 2.41. The van der Waals surface area contributed by atoms with Gasteiger partial charge in [-0.1, -0.05) is 12.1 Å². The van der Waals surface area contributed by atoms with Gasteiger partial charge < -0.3 is 24.7 Å². The van der Waals surface area contributed by atoms with Crippen LogP contribution in [0.4, 0.5) is 4.79 Å². The smallest absolute Gasteiger partial charge is 0.317 e. The van der Waals surface area contributed by atoms with E-state index in [1.165, 1.54) is 0 Å². The topological polar surface area (TPSA) is 83.8 Å². The molecule has 7 heteroatoms. The number of rotatable bonds is 7. The van der Waals surface area contributed by atoms with Crippen LogP contribution in [0.5, 0.6) is 5.75 Å². The molecule has 0 spiro atoms. The Morgan fingerprint density at radius 1 is 1.13 bits per heavy atom. The lowest BCUT2D eigenvalue weighted by atomic mass is 9.94. The number of nitrogens with zero attached hydrogens (tertiary/aromatic N) is 1. The largest absolute Gasteiger partial charge is 0.497 e. The van der Waals surface area contributed by atoms with Crippen LogP contribution in [0, 0.1) is 11.8 Å². The number of methoxy groups -OCH3 is 1. The Bertz CT molecular complexity index is 838. The first-order chi connectivity index (χ1) is 14.6. The molecule has 4 rings (SSSR count). The second kappa shape index (κ2) is 9.24. The van der Waals surface area contributed by atoms with Gasteiger partial charge in [-0.2, -0.15) is 0 Å². The summed E-state index contributed by atoms with van der Waals surface area (Å²) < 4.78 is 10.5. The van der Waals surface area contributed by atoms with Gasteiger partial charge in [0.05, 0.1) is 26.0 Å². The fourth-order valence-electron chi connectivity index (χ4n) is 4.02. The quantitative estimate of drug-likeness (QED) is 0.731. The van der Waals surface area contributed by atoms with Gasteiger partial charge in [0.15, 0.2) is 0 Å². The highest BCUT2D eigenvalue weighted by molar-refractivity contribution is 5.80. The average Bonchev–Trinajstić information content (AvgIpc) is 3.50. The van der Waals surface area contributed by atoms with Crippen LogP contribution in [-0.4, -0.2) is 37.0 Å². The second-order valence-electron chi connectivity index (χ2n) is 8.10. The molecule has 1 aromatic carbocycles. The van der Waals surface area contributed by atoms with Gasteiger partial charge in [-0.25, -0.2) is 4.79 Å². The average molecular weight is 412 g/mol. The Balaban J connectivity index is 1.27. The molecule has 0 radical (unpaired) electrons. The lowest BCUT2D eigenvalue weighted by Crippen LogP contribution is -2.47. The Kier molecular flexibility index (Phi) is 6.26. The van der Waals surface area contributed by atoms with E-state index < -0.39 is 0 Å². The minimum Gasteiger partial charge on any atom is -0.497 e. The Morgan fingerprint density at radius 3 is 2.47 bits per heavy atom. The molecule has 1 atom stereocenters. The standard InChI is InChI=1S/C23H29N3O4/c1-29-19-8-6-17(7-9-19)21(16-4-5-16)25-22(27)18-10-12-26(13-11-18)23(28)24-15-20-3-2-14-30-20/h2-3,6-9,14,16,18,21H,4-5,10-13,15H2,1H3,(H,24,28)(H,25,27)/t21-/m1/s1. The molecule has 1 aliphatic carbocycles. The number of urea groups is 1. The van der Waals surface area contributed by atoms with Crippen molar-refractivity contribution in [2.75, 3.05) is 20.2 Å². The fourth-order valence-corrected chi connectivity index (χ4v) is 4.02. The number of benzene rings is 1. The number of carbonyl (C=O) groups is 2. The van der Waals surface area contributed by atoms with Crippen LogP contribution >= 0.6 is 0 Å². The molecule has 1 saturated carbocycles. The van der Waals surface area contributed by atoms with Crippen LogP contribution in [0.3, 0.4) is 0 Å². The van der Waals surface area contributed by atoms with Crippen LogP contribution in [0.15, 0.2) is 47.1 Å². The molecule has 2 aromatic rings. The van der Waals surface area contributed by atoms with Gasteiger partial charge in [-0.3, -0.25) is 4.79 Å². The maximum atomic E-state index is 12.9. The predicted octanol–water partition coefficient (Wildman–Crippen LogP) is 3.48. The first kappa shape index (κ1) is 20.3. The number of carbonyl (C=O) groups excluding carboxylic acids is 2. The number of nitrogens with one attached hydrogen (secondary N) is 2. The third-order valence-electron chi connectivity index (χ3n) is 6.01. The molecule has 0 bridgehead atoms. The maximum absolute atomic E-state index is 12.9. The van der Waals surface area contributed by atoms with Gasteiger partial charge in [0, 0.05) is 19.0 Å². The van der Waals surface area contributed by atoms with E-state index in [2.05, 4.69) is 10.6 Å². The van der Waals surface area contributed by atoms with Crippen molar-refractivity contribution < 1.29 is 18.7 Å². The lowest BCUT2D eigenvalue weighted by molar-refractivity contribution is -0.127. The van der Waals surface area contributed by atoms with Crippen LogP contribution in [0.25, 0.3) is 0 Å². The predicted molar refractivity (Wildman–Crippen MR) is 112 cm³/mol. The van der Waals surface area contributed by atoms with Gasteiger partial charge in [-0.15, -0.1) is 0 Å². The van der Waals surface area contributed by atoms with E-state index in [1.807, 2.05) is 30.3 Å². The maximum Gasteiger partial charge on any atom is 0.317 e. The number of amides is 3. The number of likely N-dealkylation sites (tertiary alicyclic amines) is 1. The number of hydrogen-bond acceptors (Lipinski definition) is 4.